The first kappa shape index (κ1) is 24.9. The summed E-state index contributed by atoms with van der Waals surface area (Å²) >= 11 is 0. The Bertz CT molecular complexity index is 1510. The Morgan fingerprint density at radius 2 is 1.64 bits per heavy atom. The Morgan fingerprint density at radius 3 is 2.19 bits per heavy atom. The monoisotopic (exact) mass is 503 g/mol. The average molecular weight is 504 g/mol. The number of aromatic nitrogens is 2. The van der Waals surface area contributed by atoms with Crippen molar-refractivity contribution in [3.63, 3.8) is 0 Å². The molecule has 4 rings (SSSR count). The molecule has 9 heteroatoms. The van der Waals surface area contributed by atoms with Gasteiger partial charge in [-0.15, -0.1) is 0 Å². The van der Waals surface area contributed by atoms with Crippen LogP contribution < -0.4 is 10.5 Å². The molecule has 4 aromatic rings. The number of methoxy groups -OCH3 is 2. The summed E-state index contributed by atoms with van der Waals surface area (Å²) in [6.45, 7) is 1.59. The molecule has 0 radical (unpaired) electrons. The van der Waals surface area contributed by atoms with E-state index in [9.17, 15) is 13.2 Å². The van der Waals surface area contributed by atoms with Crippen LogP contribution in [0.1, 0.15) is 27.0 Å². The second kappa shape index (κ2) is 10.2. The minimum absolute atomic E-state index is 0.00240. The molecule has 0 unspecified atom stereocenters. The predicted molar refractivity (Wildman–Crippen MR) is 136 cm³/mol. The third-order valence-electron chi connectivity index (χ3n) is 5.93. The van der Waals surface area contributed by atoms with E-state index in [1.807, 2.05) is 12.1 Å². The van der Waals surface area contributed by atoms with Crippen LogP contribution in [0.25, 0.3) is 11.1 Å². The number of benzene rings is 2. The molecule has 0 amide bonds. The lowest BCUT2D eigenvalue weighted by atomic mass is 9.88. The molecule has 0 aliphatic rings. The summed E-state index contributed by atoms with van der Waals surface area (Å²) in [5, 5.41) is 0. The molecule has 2 aromatic heterocycles. The van der Waals surface area contributed by atoms with E-state index >= 15 is 0 Å². The van der Waals surface area contributed by atoms with Gasteiger partial charge in [-0.05, 0) is 60.0 Å². The van der Waals surface area contributed by atoms with Gasteiger partial charge in [-0.1, -0.05) is 12.1 Å². The van der Waals surface area contributed by atoms with Crippen molar-refractivity contribution >= 4 is 21.5 Å². The largest absolute Gasteiger partial charge is 0.497 e. The van der Waals surface area contributed by atoms with E-state index in [2.05, 4.69) is 9.97 Å². The summed E-state index contributed by atoms with van der Waals surface area (Å²) in [5.74, 6) is -0.281. The lowest BCUT2D eigenvalue weighted by Crippen LogP contribution is -2.19. The normalized spacial score (nSPS) is 11.2. The van der Waals surface area contributed by atoms with Crippen molar-refractivity contribution < 1.29 is 22.7 Å². The zero-order valence-electron chi connectivity index (χ0n) is 20.1. The van der Waals surface area contributed by atoms with Crippen molar-refractivity contribution in [1.29, 1.82) is 0 Å². The van der Waals surface area contributed by atoms with Gasteiger partial charge in [0, 0.05) is 48.0 Å². The summed E-state index contributed by atoms with van der Waals surface area (Å²) < 4.78 is 38.2. The van der Waals surface area contributed by atoms with E-state index in [1.165, 1.54) is 26.4 Å². The molecule has 36 heavy (non-hydrogen) atoms. The molecule has 2 heterocycles. The number of hydrogen-bond acceptors (Lipinski definition) is 8. The van der Waals surface area contributed by atoms with Crippen LogP contribution in [-0.2, 0) is 21.0 Å². The highest BCUT2D eigenvalue weighted by atomic mass is 32.2. The quantitative estimate of drug-likeness (QED) is 0.293. The van der Waals surface area contributed by atoms with Gasteiger partial charge < -0.3 is 15.2 Å². The van der Waals surface area contributed by atoms with Crippen LogP contribution in [0.4, 0.5) is 5.69 Å². The van der Waals surface area contributed by atoms with Crippen molar-refractivity contribution in [2.45, 2.75) is 23.1 Å². The van der Waals surface area contributed by atoms with Gasteiger partial charge in [-0.2, -0.15) is 0 Å². The number of sulfone groups is 1. The lowest BCUT2D eigenvalue weighted by molar-refractivity contribution is 0.0595. The molecule has 2 aromatic carbocycles. The van der Waals surface area contributed by atoms with Gasteiger partial charge in [0.25, 0.3) is 0 Å². The second-order valence-electron chi connectivity index (χ2n) is 8.05. The van der Waals surface area contributed by atoms with Crippen molar-refractivity contribution in [1.82, 2.24) is 9.97 Å². The number of pyridine rings is 2. The second-order valence-corrected chi connectivity index (χ2v) is 9.93. The highest BCUT2D eigenvalue weighted by molar-refractivity contribution is 7.91. The number of hydrogen-bond donors (Lipinski definition) is 1. The molecule has 0 bridgehead atoms. The number of ether oxygens (including phenoxy) is 2. The lowest BCUT2D eigenvalue weighted by Gasteiger charge is -2.23. The highest BCUT2D eigenvalue weighted by Gasteiger charge is 2.34. The number of nitrogens with zero attached hydrogens (tertiary/aromatic N) is 2. The molecule has 0 fully saturated rings. The molecular weight excluding hydrogens is 478 g/mol. The van der Waals surface area contributed by atoms with Crippen LogP contribution in [0.5, 0.6) is 5.75 Å². The summed E-state index contributed by atoms with van der Waals surface area (Å²) in [6, 6.07) is 13.1. The minimum Gasteiger partial charge on any atom is -0.497 e. The Balaban J connectivity index is 2.11. The molecule has 0 aliphatic carbocycles. The number of nitrogen functional groups attached to an aromatic ring is 1. The predicted octanol–water partition coefficient (Wildman–Crippen LogP) is 4.25. The first-order valence-corrected chi connectivity index (χ1v) is 12.5. The first-order chi connectivity index (χ1) is 17.3. The maximum atomic E-state index is 14.0. The van der Waals surface area contributed by atoms with Crippen LogP contribution in [0.3, 0.4) is 0 Å². The van der Waals surface area contributed by atoms with Gasteiger partial charge in [0.1, 0.15) is 5.75 Å². The van der Waals surface area contributed by atoms with Crippen LogP contribution >= 0.6 is 0 Å². The zero-order chi connectivity index (χ0) is 25.9. The van der Waals surface area contributed by atoms with E-state index in [0.717, 1.165) is 5.56 Å². The van der Waals surface area contributed by atoms with E-state index in [-0.39, 0.29) is 33.0 Å². The number of nitrogens with two attached hydrogens (primary N) is 1. The maximum absolute atomic E-state index is 14.0. The van der Waals surface area contributed by atoms with Gasteiger partial charge >= 0.3 is 5.97 Å². The van der Waals surface area contributed by atoms with E-state index in [0.29, 0.717) is 22.4 Å². The molecular formula is C27H25N3O5S. The first-order valence-electron chi connectivity index (χ1n) is 11.0. The standard InChI is InChI=1S/C27H25N3O5S/c1-17-25(28)23(19-7-5-13-30-16-19)22(14-18-6-4-12-29-15-18)24(27(31)35-3)26(17)36(32,33)21-10-8-20(34-2)9-11-21/h4-13,15-16H,14,28H2,1-3H3. The molecule has 8 nitrogen and oxygen atoms in total. The minimum atomic E-state index is -4.18. The number of carbonyl (C=O) groups excluding carboxylic acids is 1. The topological polar surface area (TPSA) is 121 Å². The van der Waals surface area contributed by atoms with Gasteiger partial charge in [-0.25, -0.2) is 13.2 Å². The van der Waals surface area contributed by atoms with Gasteiger partial charge in [-0.3, -0.25) is 9.97 Å². The Labute approximate surface area is 209 Å². The zero-order valence-corrected chi connectivity index (χ0v) is 20.9. The highest BCUT2D eigenvalue weighted by Crippen LogP contribution is 2.42. The van der Waals surface area contributed by atoms with E-state index in [4.69, 9.17) is 15.2 Å². The molecule has 2 N–H and O–H groups in total. The van der Waals surface area contributed by atoms with Crippen LogP contribution in [0, 0.1) is 6.92 Å². The maximum Gasteiger partial charge on any atom is 0.339 e. The van der Waals surface area contributed by atoms with Gasteiger partial charge in [0.15, 0.2) is 0 Å². The summed E-state index contributed by atoms with van der Waals surface area (Å²) in [4.78, 5) is 21.5. The van der Waals surface area contributed by atoms with Crippen molar-refractivity contribution in [3.8, 4) is 16.9 Å². The van der Waals surface area contributed by atoms with E-state index < -0.39 is 15.8 Å². The Kier molecular flexibility index (Phi) is 7.03. The number of anilines is 1. The smallest absolute Gasteiger partial charge is 0.339 e. The van der Waals surface area contributed by atoms with Crippen LogP contribution in [0.15, 0.2) is 83.1 Å². The van der Waals surface area contributed by atoms with Crippen molar-refractivity contribution in [2.24, 2.45) is 0 Å². The fourth-order valence-corrected chi connectivity index (χ4v) is 5.89. The van der Waals surface area contributed by atoms with Gasteiger partial charge in [0.05, 0.1) is 29.6 Å². The number of rotatable bonds is 7. The number of esters is 1. The summed E-state index contributed by atoms with van der Waals surface area (Å²) in [6.07, 6.45) is 6.73. The Hall–Kier alpha value is -4.24. The van der Waals surface area contributed by atoms with Crippen LogP contribution in [-0.4, -0.2) is 38.6 Å². The molecule has 0 saturated carbocycles. The van der Waals surface area contributed by atoms with Crippen LogP contribution in [0.2, 0.25) is 0 Å². The summed E-state index contributed by atoms with van der Waals surface area (Å²) in [7, 11) is -1.47. The molecule has 0 saturated heterocycles. The van der Waals surface area contributed by atoms with E-state index in [1.54, 1.807) is 56.0 Å². The number of carbonyl (C=O) groups is 1. The summed E-state index contributed by atoms with van der Waals surface area (Å²) in [5.41, 5.74) is 9.40. The molecule has 0 spiro atoms. The third kappa shape index (κ3) is 4.52. The van der Waals surface area contributed by atoms with Crippen molar-refractivity contribution in [2.75, 3.05) is 20.0 Å². The molecule has 184 valence electrons. The Morgan fingerprint density at radius 1 is 0.972 bits per heavy atom. The van der Waals surface area contributed by atoms with Crippen molar-refractivity contribution in [3.05, 3.63) is 95.6 Å². The third-order valence-corrected chi connectivity index (χ3v) is 7.87. The molecule has 0 aliphatic heterocycles. The SMILES string of the molecule is COC(=O)c1c(Cc2cccnc2)c(-c2cccnc2)c(N)c(C)c1S(=O)(=O)c1ccc(OC)cc1. The molecule has 0 atom stereocenters. The average Bonchev–Trinajstić information content (AvgIpc) is 2.91. The fraction of sp³-hybridized carbons (Fsp3) is 0.148. The fourth-order valence-electron chi connectivity index (χ4n) is 4.17. The van der Waals surface area contributed by atoms with Gasteiger partial charge in [0.2, 0.25) is 9.84 Å².